The second-order valence-electron chi connectivity index (χ2n) is 6.24. The van der Waals surface area contributed by atoms with E-state index < -0.39 is 10.2 Å². The molecule has 146 valence electrons. The monoisotopic (exact) mass is 391 g/mol. The maximum atomic E-state index is 12.5. The zero-order valence-corrected chi connectivity index (χ0v) is 16.9. The largest absolute Gasteiger partial charge is 0.496 e. The predicted octanol–water partition coefficient (Wildman–Crippen LogP) is 2.43. The van der Waals surface area contributed by atoms with Crippen molar-refractivity contribution in [2.24, 2.45) is 0 Å². The SMILES string of the molecule is COc1ccccc1[C@H](C)NC(=O)c1ccc(N(C)S(=O)(=O)N(C)C)cc1. The predicted molar refractivity (Wildman–Crippen MR) is 106 cm³/mol. The minimum Gasteiger partial charge on any atom is -0.496 e. The van der Waals surface area contributed by atoms with E-state index in [2.05, 4.69) is 5.32 Å². The molecule has 0 spiro atoms. The molecule has 0 unspecified atom stereocenters. The highest BCUT2D eigenvalue weighted by atomic mass is 32.2. The fourth-order valence-electron chi connectivity index (χ4n) is 2.58. The molecule has 2 rings (SSSR count). The highest BCUT2D eigenvalue weighted by molar-refractivity contribution is 7.90. The molecule has 0 aliphatic rings. The molecule has 2 aromatic rings. The topological polar surface area (TPSA) is 79.0 Å². The number of anilines is 1. The van der Waals surface area contributed by atoms with Crippen LogP contribution in [0.15, 0.2) is 48.5 Å². The molecule has 0 saturated carbocycles. The van der Waals surface area contributed by atoms with Gasteiger partial charge in [-0.25, -0.2) is 0 Å². The number of ether oxygens (including phenoxy) is 1. The van der Waals surface area contributed by atoms with Gasteiger partial charge in [-0.3, -0.25) is 9.10 Å². The van der Waals surface area contributed by atoms with Gasteiger partial charge in [0.15, 0.2) is 0 Å². The van der Waals surface area contributed by atoms with Crippen LogP contribution in [0.1, 0.15) is 28.9 Å². The van der Waals surface area contributed by atoms with Crippen LogP contribution < -0.4 is 14.4 Å². The van der Waals surface area contributed by atoms with Crippen LogP contribution in [0.2, 0.25) is 0 Å². The summed E-state index contributed by atoms with van der Waals surface area (Å²) in [4.78, 5) is 12.5. The van der Waals surface area contributed by atoms with Gasteiger partial charge in [0, 0.05) is 32.3 Å². The van der Waals surface area contributed by atoms with Crippen LogP contribution in [-0.4, -0.2) is 46.9 Å². The summed E-state index contributed by atoms with van der Waals surface area (Å²) in [7, 11) is 2.41. The Morgan fingerprint density at radius 3 is 2.19 bits per heavy atom. The fraction of sp³-hybridized carbons (Fsp3) is 0.316. The molecule has 0 radical (unpaired) electrons. The van der Waals surface area contributed by atoms with Crippen molar-refractivity contribution in [2.45, 2.75) is 13.0 Å². The van der Waals surface area contributed by atoms with E-state index >= 15 is 0 Å². The molecular weight excluding hydrogens is 366 g/mol. The Labute approximate surface area is 160 Å². The van der Waals surface area contributed by atoms with Gasteiger partial charge in [-0.05, 0) is 37.3 Å². The summed E-state index contributed by atoms with van der Waals surface area (Å²) < 4.78 is 32.0. The lowest BCUT2D eigenvalue weighted by Crippen LogP contribution is -2.37. The number of amides is 1. The molecule has 0 bridgehead atoms. The van der Waals surface area contributed by atoms with Gasteiger partial charge < -0.3 is 10.1 Å². The average molecular weight is 391 g/mol. The van der Waals surface area contributed by atoms with Gasteiger partial charge in [0.05, 0.1) is 18.8 Å². The number of nitrogens with zero attached hydrogens (tertiary/aromatic N) is 2. The third-order valence-corrected chi connectivity index (χ3v) is 6.08. The van der Waals surface area contributed by atoms with Crippen molar-refractivity contribution in [3.63, 3.8) is 0 Å². The molecule has 1 amide bonds. The maximum absolute atomic E-state index is 12.5. The smallest absolute Gasteiger partial charge is 0.303 e. The number of para-hydroxylation sites is 1. The molecule has 2 aromatic carbocycles. The van der Waals surface area contributed by atoms with Crippen LogP contribution in [-0.2, 0) is 10.2 Å². The van der Waals surface area contributed by atoms with Crippen LogP contribution in [0.5, 0.6) is 5.75 Å². The Morgan fingerprint density at radius 2 is 1.63 bits per heavy atom. The van der Waals surface area contributed by atoms with Gasteiger partial charge in [0.1, 0.15) is 5.75 Å². The second kappa shape index (κ2) is 8.41. The summed E-state index contributed by atoms with van der Waals surface area (Å²) in [6.07, 6.45) is 0. The number of hydrogen-bond donors (Lipinski definition) is 1. The molecule has 8 heteroatoms. The van der Waals surface area contributed by atoms with Gasteiger partial charge in [0.25, 0.3) is 5.91 Å². The summed E-state index contributed by atoms with van der Waals surface area (Å²) in [5, 5.41) is 2.93. The van der Waals surface area contributed by atoms with E-state index in [0.717, 1.165) is 14.2 Å². The molecule has 0 heterocycles. The van der Waals surface area contributed by atoms with Crippen molar-refractivity contribution in [1.29, 1.82) is 0 Å². The molecule has 1 atom stereocenters. The summed E-state index contributed by atoms with van der Waals surface area (Å²) in [6.45, 7) is 1.88. The number of methoxy groups -OCH3 is 1. The second-order valence-corrected chi connectivity index (χ2v) is 8.42. The minimum atomic E-state index is -3.57. The molecule has 7 nitrogen and oxygen atoms in total. The number of carbonyl (C=O) groups is 1. The lowest BCUT2D eigenvalue weighted by molar-refractivity contribution is 0.0939. The van der Waals surface area contributed by atoms with Crippen molar-refractivity contribution < 1.29 is 17.9 Å². The highest BCUT2D eigenvalue weighted by Crippen LogP contribution is 2.25. The van der Waals surface area contributed by atoms with Gasteiger partial charge in [0.2, 0.25) is 0 Å². The van der Waals surface area contributed by atoms with Crippen LogP contribution in [0.25, 0.3) is 0 Å². The van der Waals surface area contributed by atoms with Crippen molar-refractivity contribution in [1.82, 2.24) is 9.62 Å². The molecular formula is C19H25N3O4S. The fourth-order valence-corrected chi connectivity index (χ4v) is 3.46. The van der Waals surface area contributed by atoms with Crippen molar-refractivity contribution >= 4 is 21.8 Å². The highest BCUT2D eigenvalue weighted by Gasteiger charge is 2.21. The summed E-state index contributed by atoms with van der Waals surface area (Å²) >= 11 is 0. The van der Waals surface area contributed by atoms with Crippen molar-refractivity contribution in [3.8, 4) is 5.75 Å². The van der Waals surface area contributed by atoms with Crippen LogP contribution in [0, 0.1) is 0 Å². The Kier molecular flexibility index (Phi) is 6.45. The summed E-state index contributed by atoms with van der Waals surface area (Å²) in [6, 6.07) is 13.6. The average Bonchev–Trinajstić information content (AvgIpc) is 2.67. The number of nitrogens with one attached hydrogen (secondary N) is 1. The number of benzene rings is 2. The third-order valence-electron chi connectivity index (χ3n) is 4.25. The maximum Gasteiger partial charge on any atom is 0.303 e. The Balaban J connectivity index is 2.14. The first-order chi connectivity index (χ1) is 12.7. The van der Waals surface area contributed by atoms with Gasteiger partial charge in [-0.2, -0.15) is 12.7 Å². The first-order valence-electron chi connectivity index (χ1n) is 8.38. The van der Waals surface area contributed by atoms with E-state index in [-0.39, 0.29) is 11.9 Å². The zero-order chi connectivity index (χ0) is 20.2. The molecule has 27 heavy (non-hydrogen) atoms. The minimum absolute atomic E-state index is 0.245. The van der Waals surface area contributed by atoms with E-state index in [9.17, 15) is 13.2 Å². The first-order valence-corrected chi connectivity index (χ1v) is 9.78. The summed E-state index contributed by atoms with van der Waals surface area (Å²) in [5.41, 5.74) is 1.79. The van der Waals surface area contributed by atoms with E-state index in [1.165, 1.54) is 21.1 Å². The van der Waals surface area contributed by atoms with E-state index in [1.54, 1.807) is 31.4 Å². The molecule has 0 saturated heterocycles. The number of carbonyl (C=O) groups excluding carboxylic acids is 1. The van der Waals surface area contributed by atoms with Crippen molar-refractivity contribution in [2.75, 3.05) is 32.6 Å². The van der Waals surface area contributed by atoms with E-state index in [4.69, 9.17) is 4.74 Å². The van der Waals surface area contributed by atoms with Gasteiger partial charge in [-0.1, -0.05) is 18.2 Å². The van der Waals surface area contributed by atoms with Crippen LogP contribution in [0.3, 0.4) is 0 Å². The van der Waals surface area contributed by atoms with Gasteiger partial charge in [-0.15, -0.1) is 0 Å². The molecule has 1 N–H and O–H groups in total. The lowest BCUT2D eigenvalue weighted by Gasteiger charge is -2.23. The Morgan fingerprint density at radius 1 is 1.04 bits per heavy atom. The van der Waals surface area contributed by atoms with Crippen LogP contribution >= 0.6 is 0 Å². The molecule has 0 aliphatic carbocycles. The normalized spacial score (nSPS) is 12.5. The Bertz CT molecular complexity index is 895. The zero-order valence-electron chi connectivity index (χ0n) is 16.1. The van der Waals surface area contributed by atoms with Gasteiger partial charge >= 0.3 is 10.2 Å². The first kappa shape index (κ1) is 20.7. The number of rotatable bonds is 7. The molecule has 0 fully saturated rings. The standard InChI is InChI=1S/C19H25N3O4S/c1-14(17-8-6-7-9-18(17)26-5)20-19(23)15-10-12-16(13-11-15)22(4)27(24,25)21(2)3/h6-14H,1-5H3,(H,20,23)/t14-/m0/s1. The molecule has 0 aromatic heterocycles. The lowest BCUT2D eigenvalue weighted by atomic mass is 10.1. The van der Waals surface area contributed by atoms with E-state index in [0.29, 0.717) is 17.0 Å². The Hall–Kier alpha value is -2.58. The van der Waals surface area contributed by atoms with Crippen LogP contribution in [0.4, 0.5) is 5.69 Å². The quantitative estimate of drug-likeness (QED) is 0.786. The molecule has 0 aliphatic heterocycles. The number of hydrogen-bond acceptors (Lipinski definition) is 4. The summed E-state index contributed by atoms with van der Waals surface area (Å²) in [5.74, 6) is 0.453. The third kappa shape index (κ3) is 4.58. The van der Waals surface area contributed by atoms with E-state index in [1.807, 2.05) is 31.2 Å². The van der Waals surface area contributed by atoms with Crippen molar-refractivity contribution in [3.05, 3.63) is 59.7 Å².